The Bertz CT molecular complexity index is 671. The molecular weight excluding hydrogens is 385 g/mol. The van der Waals surface area contributed by atoms with Crippen molar-refractivity contribution in [3.05, 3.63) is 40.0 Å². The predicted molar refractivity (Wildman–Crippen MR) is 82.5 cm³/mol. The summed E-state index contributed by atoms with van der Waals surface area (Å²) < 4.78 is 6.72. The third-order valence-corrected chi connectivity index (χ3v) is 5.21. The van der Waals surface area contributed by atoms with Gasteiger partial charge in [-0.2, -0.15) is 0 Å². The van der Waals surface area contributed by atoms with Crippen molar-refractivity contribution in [3.63, 3.8) is 0 Å². The molecule has 0 aliphatic carbocycles. The molecule has 0 saturated carbocycles. The van der Waals surface area contributed by atoms with Crippen LogP contribution in [0.2, 0.25) is 0 Å². The number of fused-ring (bicyclic) bond motifs is 5. The van der Waals surface area contributed by atoms with Gasteiger partial charge in [-0.15, -0.1) is 0 Å². The van der Waals surface area contributed by atoms with E-state index in [1.807, 2.05) is 12.1 Å². The van der Waals surface area contributed by atoms with E-state index >= 15 is 0 Å². The Morgan fingerprint density at radius 2 is 1.95 bits per heavy atom. The summed E-state index contributed by atoms with van der Waals surface area (Å²) in [7, 11) is 0. The molecule has 2 amide bonds. The van der Waals surface area contributed by atoms with E-state index in [4.69, 9.17) is 4.74 Å². The molecule has 1 aromatic carbocycles. The second kappa shape index (κ2) is 4.37. The smallest absolute Gasteiger partial charge is 0.241 e. The molecule has 0 spiro atoms. The highest BCUT2D eigenvalue weighted by Gasteiger charge is 2.67. The molecule has 2 saturated heterocycles. The summed E-state index contributed by atoms with van der Waals surface area (Å²) in [6.45, 7) is -0.291. The molecule has 2 bridgehead atoms. The molecule has 4 rings (SSSR count). The van der Waals surface area contributed by atoms with Gasteiger partial charge in [0, 0.05) is 3.57 Å². The number of carbonyl (C=O) groups is 2. The van der Waals surface area contributed by atoms with Crippen LogP contribution in [-0.2, 0) is 14.3 Å². The molecule has 0 aromatic heterocycles. The molecule has 5 nitrogen and oxygen atoms in total. The van der Waals surface area contributed by atoms with Gasteiger partial charge in [0.25, 0.3) is 0 Å². The maximum Gasteiger partial charge on any atom is 0.241 e. The van der Waals surface area contributed by atoms with Crippen molar-refractivity contribution in [1.82, 2.24) is 0 Å². The molecule has 4 atom stereocenters. The summed E-state index contributed by atoms with van der Waals surface area (Å²) >= 11 is 2.17. The first-order valence-electron chi connectivity index (χ1n) is 6.69. The lowest BCUT2D eigenvalue weighted by molar-refractivity contribution is -0.128. The average molecular weight is 397 g/mol. The number of ether oxygens (including phenoxy) is 1. The van der Waals surface area contributed by atoms with Gasteiger partial charge in [-0.3, -0.25) is 9.59 Å². The highest BCUT2D eigenvalue weighted by Crippen LogP contribution is 2.52. The second-order valence-corrected chi connectivity index (χ2v) is 6.79. The van der Waals surface area contributed by atoms with E-state index in [2.05, 4.69) is 22.6 Å². The molecule has 3 heterocycles. The minimum absolute atomic E-state index is 0.240. The fourth-order valence-electron chi connectivity index (χ4n) is 3.53. The fourth-order valence-corrected chi connectivity index (χ4v) is 3.89. The van der Waals surface area contributed by atoms with Gasteiger partial charge in [-0.05, 0) is 46.9 Å². The van der Waals surface area contributed by atoms with Crippen LogP contribution in [0.5, 0.6) is 0 Å². The summed E-state index contributed by atoms with van der Waals surface area (Å²) in [4.78, 5) is 26.6. The van der Waals surface area contributed by atoms with Crippen LogP contribution in [-0.4, -0.2) is 35.2 Å². The van der Waals surface area contributed by atoms with Gasteiger partial charge in [0.1, 0.15) is 5.60 Å². The van der Waals surface area contributed by atoms with Gasteiger partial charge < -0.3 is 9.84 Å². The molecule has 2 fully saturated rings. The van der Waals surface area contributed by atoms with Gasteiger partial charge in [-0.25, -0.2) is 4.90 Å². The molecule has 3 aliphatic rings. The van der Waals surface area contributed by atoms with Crippen molar-refractivity contribution in [3.8, 4) is 0 Å². The zero-order valence-corrected chi connectivity index (χ0v) is 13.1. The van der Waals surface area contributed by atoms with E-state index < -0.39 is 23.5 Å². The maximum atomic E-state index is 12.7. The van der Waals surface area contributed by atoms with E-state index in [1.54, 1.807) is 24.3 Å². The minimum atomic E-state index is -1.03. The van der Waals surface area contributed by atoms with E-state index in [9.17, 15) is 14.7 Å². The average Bonchev–Trinajstić information content (AvgIpc) is 3.12. The van der Waals surface area contributed by atoms with Crippen molar-refractivity contribution in [2.45, 2.75) is 11.7 Å². The highest BCUT2D eigenvalue weighted by atomic mass is 127. The van der Waals surface area contributed by atoms with E-state index in [1.165, 1.54) is 4.90 Å². The first-order chi connectivity index (χ1) is 10.1. The third-order valence-electron chi connectivity index (χ3n) is 4.49. The topological polar surface area (TPSA) is 66.8 Å². The van der Waals surface area contributed by atoms with Crippen molar-refractivity contribution >= 4 is 40.1 Å². The number of aliphatic hydroxyl groups excluding tert-OH is 1. The summed E-state index contributed by atoms with van der Waals surface area (Å²) in [6.07, 6.45) is 3.09. The van der Waals surface area contributed by atoms with Gasteiger partial charge in [0.15, 0.2) is 0 Å². The number of hydrogen-bond donors (Lipinski definition) is 1. The standard InChI is InChI=1S/C15H12INO4/c16-8-1-3-9(4-2-8)17-13(19)11-10-5-6-15(7-18,21-10)12(11)14(17)20/h1-6,10-12,18H,7H2/t10-,11+,12+,15-/m1/s1. The number of rotatable bonds is 2. The lowest BCUT2D eigenvalue weighted by Gasteiger charge is -2.26. The van der Waals surface area contributed by atoms with E-state index in [-0.39, 0.29) is 18.4 Å². The van der Waals surface area contributed by atoms with Crippen LogP contribution < -0.4 is 4.90 Å². The largest absolute Gasteiger partial charge is 0.393 e. The molecule has 6 heteroatoms. The van der Waals surface area contributed by atoms with Gasteiger partial charge >= 0.3 is 0 Å². The maximum absolute atomic E-state index is 12.7. The number of nitrogens with zero attached hydrogens (tertiary/aromatic N) is 1. The number of anilines is 1. The van der Waals surface area contributed by atoms with Crippen molar-refractivity contribution in [1.29, 1.82) is 0 Å². The molecule has 1 N–H and O–H groups in total. The second-order valence-electron chi connectivity index (χ2n) is 5.55. The van der Waals surface area contributed by atoms with Crippen molar-refractivity contribution in [2.24, 2.45) is 11.8 Å². The lowest BCUT2D eigenvalue weighted by atomic mass is 9.77. The number of carbonyl (C=O) groups excluding carboxylic acids is 2. The van der Waals surface area contributed by atoms with Crippen LogP contribution in [0.15, 0.2) is 36.4 Å². The Morgan fingerprint density at radius 1 is 1.24 bits per heavy atom. The van der Waals surface area contributed by atoms with Gasteiger partial charge in [0.2, 0.25) is 11.8 Å². The Labute approximate surface area is 134 Å². The summed E-state index contributed by atoms with van der Waals surface area (Å²) in [6, 6.07) is 7.24. The number of imide groups is 1. The highest BCUT2D eigenvalue weighted by molar-refractivity contribution is 14.1. The van der Waals surface area contributed by atoms with Crippen LogP contribution in [0.25, 0.3) is 0 Å². The molecule has 3 aliphatic heterocycles. The number of benzene rings is 1. The number of hydrogen-bond acceptors (Lipinski definition) is 4. The molecule has 108 valence electrons. The van der Waals surface area contributed by atoms with Gasteiger partial charge in [-0.1, -0.05) is 12.2 Å². The predicted octanol–water partition coefficient (Wildman–Crippen LogP) is 1.10. The first kappa shape index (κ1) is 13.4. The Kier molecular flexibility index (Phi) is 2.79. The van der Waals surface area contributed by atoms with Crippen LogP contribution in [0.4, 0.5) is 5.69 Å². The molecule has 0 radical (unpaired) electrons. The number of aliphatic hydroxyl groups is 1. The summed E-state index contributed by atoms with van der Waals surface area (Å²) in [5, 5.41) is 9.63. The van der Waals surface area contributed by atoms with Crippen LogP contribution in [0.3, 0.4) is 0 Å². The van der Waals surface area contributed by atoms with E-state index in [0.717, 1.165) is 3.57 Å². The number of amides is 2. The molecule has 1 aromatic rings. The quantitative estimate of drug-likeness (QED) is 0.461. The summed E-state index contributed by atoms with van der Waals surface area (Å²) in [5.41, 5.74) is -0.452. The van der Waals surface area contributed by atoms with E-state index in [0.29, 0.717) is 5.69 Å². The normalized spacial score (nSPS) is 36.7. The fraction of sp³-hybridized carbons (Fsp3) is 0.333. The number of halogens is 1. The van der Waals surface area contributed by atoms with Crippen LogP contribution in [0, 0.1) is 15.4 Å². The molecule has 21 heavy (non-hydrogen) atoms. The Balaban J connectivity index is 1.77. The SMILES string of the molecule is O=C1[C@@H]2[C@@H](C(=O)N1c1ccc(I)cc1)[C@]1(CO)C=C[C@H]2O1. The monoisotopic (exact) mass is 397 g/mol. The van der Waals surface area contributed by atoms with Crippen LogP contribution in [0.1, 0.15) is 0 Å². The zero-order valence-electron chi connectivity index (χ0n) is 10.9. The summed E-state index contributed by atoms with van der Waals surface area (Å²) in [5.74, 6) is -1.67. The molecular formula is C15H12INO4. The lowest BCUT2D eigenvalue weighted by Crippen LogP contribution is -2.43. The Morgan fingerprint density at radius 3 is 2.62 bits per heavy atom. The minimum Gasteiger partial charge on any atom is -0.393 e. The van der Waals surface area contributed by atoms with Crippen LogP contribution >= 0.6 is 22.6 Å². The third kappa shape index (κ3) is 1.63. The Hall–Kier alpha value is -1.25. The first-order valence-corrected chi connectivity index (χ1v) is 7.77. The van der Waals surface area contributed by atoms with Crippen molar-refractivity contribution in [2.75, 3.05) is 11.5 Å². The van der Waals surface area contributed by atoms with Crippen molar-refractivity contribution < 1.29 is 19.4 Å². The zero-order chi connectivity index (χ0) is 14.8. The molecule has 0 unspecified atom stereocenters. The van der Waals surface area contributed by atoms with Gasteiger partial charge in [0.05, 0.1) is 30.2 Å².